The summed E-state index contributed by atoms with van der Waals surface area (Å²) in [5.41, 5.74) is 0.300. The Morgan fingerprint density at radius 2 is 1.70 bits per heavy atom. The lowest BCUT2D eigenvalue weighted by atomic mass is 10.1. The van der Waals surface area contributed by atoms with Gasteiger partial charge in [0.05, 0.1) is 11.3 Å². The Kier molecular flexibility index (Phi) is 4.19. The number of nitrogens with zero attached hydrogens (tertiary/aromatic N) is 3. The average molecular weight is 367 g/mol. The number of alkyl halides is 3. The van der Waals surface area contributed by atoms with Crippen molar-refractivity contribution < 1.29 is 17.9 Å². The van der Waals surface area contributed by atoms with E-state index in [0.29, 0.717) is 22.9 Å². The van der Waals surface area contributed by atoms with E-state index in [1.54, 1.807) is 18.5 Å². The first-order chi connectivity index (χ1) is 13.0. The van der Waals surface area contributed by atoms with Crippen molar-refractivity contribution in [3.8, 4) is 22.9 Å². The Bertz CT molecular complexity index is 1090. The Morgan fingerprint density at radius 1 is 0.889 bits per heavy atom. The van der Waals surface area contributed by atoms with E-state index in [0.717, 1.165) is 22.9 Å². The third kappa shape index (κ3) is 3.57. The van der Waals surface area contributed by atoms with Crippen LogP contribution in [0.2, 0.25) is 0 Å². The van der Waals surface area contributed by atoms with Gasteiger partial charge in [-0.05, 0) is 24.3 Å². The Labute approximate surface area is 152 Å². The summed E-state index contributed by atoms with van der Waals surface area (Å²) < 4.78 is 44.0. The normalized spacial score (nSPS) is 11.5. The van der Waals surface area contributed by atoms with Crippen LogP contribution in [0.4, 0.5) is 13.2 Å². The van der Waals surface area contributed by atoms with Gasteiger partial charge in [0, 0.05) is 34.8 Å². The number of aromatic nitrogens is 3. The van der Waals surface area contributed by atoms with Crippen molar-refractivity contribution >= 4 is 10.8 Å². The molecule has 4 aromatic rings. The van der Waals surface area contributed by atoms with Gasteiger partial charge in [0.2, 0.25) is 5.88 Å². The molecule has 0 bridgehead atoms. The molecule has 4 nitrogen and oxygen atoms in total. The van der Waals surface area contributed by atoms with E-state index in [1.165, 1.54) is 18.5 Å². The molecule has 0 fully saturated rings. The molecule has 0 saturated carbocycles. The van der Waals surface area contributed by atoms with Crippen molar-refractivity contribution in [3.63, 3.8) is 0 Å². The first-order valence-electron chi connectivity index (χ1n) is 8.01. The monoisotopic (exact) mass is 367 g/mol. The van der Waals surface area contributed by atoms with Gasteiger partial charge >= 0.3 is 6.18 Å². The van der Waals surface area contributed by atoms with Gasteiger partial charge in [-0.3, -0.25) is 4.98 Å². The SMILES string of the molecule is FC(F)(F)c1ccc(-c2cc(Oc3cccc4cnccc34)ncn2)cc1. The molecule has 7 heteroatoms. The molecule has 0 radical (unpaired) electrons. The summed E-state index contributed by atoms with van der Waals surface area (Å²) in [5.74, 6) is 0.899. The lowest BCUT2D eigenvalue weighted by Crippen LogP contribution is -2.04. The minimum absolute atomic E-state index is 0.296. The maximum atomic E-state index is 12.7. The molecular formula is C20H12F3N3O. The van der Waals surface area contributed by atoms with E-state index in [9.17, 15) is 13.2 Å². The molecule has 134 valence electrons. The molecule has 0 N–H and O–H groups in total. The second kappa shape index (κ2) is 6.68. The van der Waals surface area contributed by atoms with Crippen LogP contribution in [0.15, 0.2) is 73.3 Å². The molecule has 0 spiro atoms. The largest absolute Gasteiger partial charge is 0.438 e. The molecule has 2 aromatic carbocycles. The maximum absolute atomic E-state index is 12.7. The highest BCUT2D eigenvalue weighted by atomic mass is 19.4. The second-order valence-electron chi connectivity index (χ2n) is 5.77. The fourth-order valence-electron chi connectivity index (χ4n) is 2.68. The number of halogens is 3. The summed E-state index contributed by atoms with van der Waals surface area (Å²) in [7, 11) is 0. The van der Waals surface area contributed by atoms with Gasteiger partial charge in [-0.1, -0.05) is 24.3 Å². The standard InChI is InChI=1S/C20H12F3N3O/c21-20(22,23)15-6-4-13(5-7-15)17-10-19(26-12-25-17)27-18-3-1-2-14-11-24-9-8-16(14)18/h1-12H. The first kappa shape index (κ1) is 17.0. The van der Waals surface area contributed by atoms with Crippen molar-refractivity contribution in [1.29, 1.82) is 0 Å². The molecule has 0 saturated heterocycles. The van der Waals surface area contributed by atoms with Gasteiger partial charge in [0.15, 0.2) is 0 Å². The van der Waals surface area contributed by atoms with Crippen molar-refractivity contribution in [2.45, 2.75) is 6.18 Å². The smallest absolute Gasteiger partial charge is 0.416 e. The summed E-state index contributed by atoms with van der Waals surface area (Å²) in [6, 6.07) is 13.8. The highest BCUT2D eigenvalue weighted by molar-refractivity contribution is 5.87. The summed E-state index contributed by atoms with van der Waals surface area (Å²) in [5, 5.41) is 1.80. The van der Waals surface area contributed by atoms with Crippen LogP contribution < -0.4 is 4.74 Å². The van der Waals surface area contributed by atoms with Gasteiger partial charge in [0.25, 0.3) is 0 Å². The van der Waals surface area contributed by atoms with Crippen molar-refractivity contribution in [1.82, 2.24) is 15.0 Å². The molecular weight excluding hydrogens is 355 g/mol. The number of fused-ring (bicyclic) bond motifs is 1. The van der Waals surface area contributed by atoms with E-state index >= 15 is 0 Å². The van der Waals surface area contributed by atoms with Crippen LogP contribution in [0.5, 0.6) is 11.6 Å². The van der Waals surface area contributed by atoms with E-state index in [2.05, 4.69) is 15.0 Å². The molecule has 0 unspecified atom stereocenters. The van der Waals surface area contributed by atoms with E-state index in [4.69, 9.17) is 4.74 Å². The van der Waals surface area contributed by atoms with E-state index in [-0.39, 0.29) is 0 Å². The summed E-state index contributed by atoms with van der Waals surface area (Å²) in [6.45, 7) is 0. The van der Waals surface area contributed by atoms with Gasteiger partial charge < -0.3 is 4.74 Å². The predicted molar refractivity (Wildman–Crippen MR) is 94.3 cm³/mol. The van der Waals surface area contributed by atoms with Crippen LogP contribution in [-0.2, 0) is 6.18 Å². The van der Waals surface area contributed by atoms with Crippen molar-refractivity contribution in [2.24, 2.45) is 0 Å². The van der Waals surface area contributed by atoms with Crippen LogP contribution >= 0.6 is 0 Å². The highest BCUT2D eigenvalue weighted by Crippen LogP contribution is 2.32. The molecule has 0 aliphatic rings. The van der Waals surface area contributed by atoms with Gasteiger partial charge in [0.1, 0.15) is 12.1 Å². The van der Waals surface area contributed by atoms with Gasteiger partial charge in [-0.15, -0.1) is 0 Å². The zero-order chi connectivity index (χ0) is 18.9. The Hall–Kier alpha value is -3.48. The van der Waals surface area contributed by atoms with Crippen LogP contribution in [0, 0.1) is 0 Å². The zero-order valence-corrected chi connectivity index (χ0v) is 13.8. The minimum atomic E-state index is -4.37. The van der Waals surface area contributed by atoms with Crippen LogP contribution in [0.25, 0.3) is 22.0 Å². The van der Waals surface area contributed by atoms with E-state index in [1.807, 2.05) is 24.3 Å². The number of hydrogen-bond donors (Lipinski definition) is 0. The third-order valence-electron chi connectivity index (χ3n) is 4.01. The Morgan fingerprint density at radius 3 is 2.48 bits per heavy atom. The second-order valence-corrected chi connectivity index (χ2v) is 5.77. The highest BCUT2D eigenvalue weighted by Gasteiger charge is 2.30. The molecule has 2 heterocycles. The molecule has 0 atom stereocenters. The number of pyridine rings is 1. The molecule has 0 amide bonds. The van der Waals surface area contributed by atoms with Crippen LogP contribution in [0.3, 0.4) is 0 Å². The summed E-state index contributed by atoms with van der Waals surface area (Å²) in [4.78, 5) is 12.3. The fourth-order valence-corrected chi connectivity index (χ4v) is 2.68. The Balaban J connectivity index is 1.65. The first-order valence-corrected chi connectivity index (χ1v) is 8.01. The van der Waals surface area contributed by atoms with Crippen LogP contribution in [-0.4, -0.2) is 15.0 Å². The molecule has 0 aliphatic heterocycles. The van der Waals surface area contributed by atoms with E-state index < -0.39 is 11.7 Å². The van der Waals surface area contributed by atoms with Crippen molar-refractivity contribution in [3.05, 3.63) is 78.9 Å². The fraction of sp³-hybridized carbons (Fsp3) is 0.0500. The van der Waals surface area contributed by atoms with Crippen LogP contribution in [0.1, 0.15) is 5.56 Å². The number of benzene rings is 2. The predicted octanol–water partition coefficient (Wildman–Crippen LogP) is 5.50. The summed E-state index contributed by atoms with van der Waals surface area (Å²) >= 11 is 0. The molecule has 4 rings (SSSR count). The maximum Gasteiger partial charge on any atom is 0.416 e. The topological polar surface area (TPSA) is 47.9 Å². The lowest BCUT2D eigenvalue weighted by molar-refractivity contribution is -0.137. The number of ether oxygens (including phenoxy) is 1. The average Bonchev–Trinajstić information content (AvgIpc) is 2.68. The molecule has 0 aliphatic carbocycles. The number of rotatable bonds is 3. The molecule has 27 heavy (non-hydrogen) atoms. The number of hydrogen-bond acceptors (Lipinski definition) is 4. The molecule has 2 aromatic heterocycles. The quantitative estimate of drug-likeness (QED) is 0.479. The van der Waals surface area contributed by atoms with Gasteiger partial charge in [-0.2, -0.15) is 13.2 Å². The van der Waals surface area contributed by atoms with Gasteiger partial charge in [-0.25, -0.2) is 9.97 Å². The third-order valence-corrected chi connectivity index (χ3v) is 4.01. The van der Waals surface area contributed by atoms with Crippen molar-refractivity contribution in [2.75, 3.05) is 0 Å². The lowest BCUT2D eigenvalue weighted by Gasteiger charge is -2.10. The zero-order valence-electron chi connectivity index (χ0n) is 13.8. The minimum Gasteiger partial charge on any atom is -0.438 e. The summed E-state index contributed by atoms with van der Waals surface area (Å²) in [6.07, 6.45) is 0.343.